The minimum atomic E-state index is -0.820. The van der Waals surface area contributed by atoms with Crippen molar-refractivity contribution in [1.82, 2.24) is 5.32 Å². The summed E-state index contributed by atoms with van der Waals surface area (Å²) in [4.78, 5) is 0. The summed E-state index contributed by atoms with van der Waals surface area (Å²) in [6, 6.07) is 0.986. The van der Waals surface area contributed by atoms with E-state index in [9.17, 15) is 4.39 Å². The zero-order valence-corrected chi connectivity index (χ0v) is 10.2. The Morgan fingerprint density at radius 2 is 1.56 bits per heavy atom. The maximum absolute atomic E-state index is 14.9. The van der Waals surface area contributed by atoms with Crippen molar-refractivity contribution >= 4 is 0 Å². The number of alkyl halides is 1. The summed E-state index contributed by atoms with van der Waals surface area (Å²) in [6.07, 6.45) is 11.5. The molecule has 1 nitrogen and oxygen atoms in total. The molecule has 3 fully saturated rings. The standard InChI is InChI=1S/C14H24FN/c15-14(8-11-4-2-1-3-5-11)9-12-6-7-13(10-14)16-12/h11-13,16H,1-10H2. The van der Waals surface area contributed by atoms with E-state index in [4.69, 9.17) is 0 Å². The van der Waals surface area contributed by atoms with Gasteiger partial charge < -0.3 is 5.32 Å². The molecule has 0 aromatic heterocycles. The molecule has 0 aromatic carbocycles. The number of hydrogen-bond acceptors (Lipinski definition) is 1. The Bertz CT molecular complexity index is 235. The zero-order valence-electron chi connectivity index (χ0n) is 10.2. The lowest BCUT2D eigenvalue weighted by molar-refractivity contribution is 0.0535. The van der Waals surface area contributed by atoms with Crippen LogP contribution in [0.25, 0.3) is 0 Å². The molecule has 1 N–H and O–H groups in total. The third-order valence-electron chi connectivity index (χ3n) is 4.94. The van der Waals surface area contributed by atoms with Crippen molar-refractivity contribution in [3.05, 3.63) is 0 Å². The van der Waals surface area contributed by atoms with Crippen LogP contribution < -0.4 is 5.32 Å². The van der Waals surface area contributed by atoms with Crippen LogP contribution in [0.2, 0.25) is 0 Å². The normalized spacial score (nSPS) is 44.8. The largest absolute Gasteiger partial charge is 0.311 e. The topological polar surface area (TPSA) is 12.0 Å². The quantitative estimate of drug-likeness (QED) is 0.757. The van der Waals surface area contributed by atoms with Crippen LogP contribution in [0.3, 0.4) is 0 Å². The van der Waals surface area contributed by atoms with E-state index >= 15 is 0 Å². The van der Waals surface area contributed by atoms with Gasteiger partial charge in [-0.2, -0.15) is 0 Å². The molecule has 2 atom stereocenters. The van der Waals surface area contributed by atoms with Gasteiger partial charge >= 0.3 is 0 Å². The molecule has 1 aliphatic carbocycles. The average Bonchev–Trinajstić information content (AvgIpc) is 2.59. The van der Waals surface area contributed by atoms with Crippen molar-refractivity contribution in [3.63, 3.8) is 0 Å². The molecule has 0 amide bonds. The van der Waals surface area contributed by atoms with Gasteiger partial charge in [-0.1, -0.05) is 32.1 Å². The van der Waals surface area contributed by atoms with Gasteiger partial charge in [-0.25, -0.2) is 4.39 Å². The van der Waals surface area contributed by atoms with Crippen LogP contribution >= 0.6 is 0 Å². The first-order chi connectivity index (χ1) is 7.73. The van der Waals surface area contributed by atoms with Gasteiger partial charge in [0.05, 0.1) is 0 Å². The predicted molar refractivity (Wildman–Crippen MR) is 64.2 cm³/mol. The minimum absolute atomic E-state index is 0.493. The molecule has 3 rings (SSSR count). The van der Waals surface area contributed by atoms with E-state index in [0.29, 0.717) is 18.0 Å². The second-order valence-corrected chi connectivity index (χ2v) is 6.41. The van der Waals surface area contributed by atoms with Crippen LogP contribution in [0, 0.1) is 5.92 Å². The van der Waals surface area contributed by atoms with Gasteiger partial charge in [-0.3, -0.25) is 0 Å². The summed E-state index contributed by atoms with van der Waals surface area (Å²) in [6.45, 7) is 0. The smallest absolute Gasteiger partial charge is 0.114 e. The third kappa shape index (κ3) is 2.27. The van der Waals surface area contributed by atoms with Gasteiger partial charge in [0.2, 0.25) is 0 Å². The highest BCUT2D eigenvalue weighted by Crippen LogP contribution is 2.43. The summed E-state index contributed by atoms with van der Waals surface area (Å²) >= 11 is 0. The second-order valence-electron chi connectivity index (χ2n) is 6.41. The predicted octanol–water partition coefficient (Wildman–Crippen LogP) is 3.58. The van der Waals surface area contributed by atoms with E-state index in [1.807, 2.05) is 0 Å². The molecule has 0 radical (unpaired) electrons. The molecule has 2 unspecified atom stereocenters. The van der Waals surface area contributed by atoms with Crippen molar-refractivity contribution in [2.75, 3.05) is 0 Å². The van der Waals surface area contributed by atoms with Crippen LogP contribution in [0.15, 0.2) is 0 Å². The van der Waals surface area contributed by atoms with E-state index < -0.39 is 5.67 Å². The molecular formula is C14H24FN. The van der Waals surface area contributed by atoms with Crippen LogP contribution in [-0.4, -0.2) is 17.8 Å². The van der Waals surface area contributed by atoms with E-state index in [0.717, 1.165) is 19.3 Å². The molecule has 16 heavy (non-hydrogen) atoms. The Labute approximate surface area is 98.2 Å². The molecule has 92 valence electrons. The summed E-state index contributed by atoms with van der Waals surface area (Å²) in [5, 5.41) is 3.54. The molecule has 2 heteroatoms. The molecule has 3 aliphatic rings. The number of rotatable bonds is 2. The van der Waals surface area contributed by atoms with Gasteiger partial charge in [0.15, 0.2) is 0 Å². The first-order valence-electron chi connectivity index (χ1n) is 7.18. The molecule has 2 saturated heterocycles. The van der Waals surface area contributed by atoms with Crippen molar-refractivity contribution < 1.29 is 4.39 Å². The summed E-state index contributed by atoms with van der Waals surface area (Å²) in [5.41, 5.74) is -0.820. The Morgan fingerprint density at radius 3 is 2.19 bits per heavy atom. The number of halogens is 1. The Hall–Kier alpha value is -0.110. The van der Waals surface area contributed by atoms with Gasteiger partial charge in [-0.05, 0) is 38.0 Å². The minimum Gasteiger partial charge on any atom is -0.311 e. The van der Waals surface area contributed by atoms with Gasteiger partial charge in [-0.15, -0.1) is 0 Å². The monoisotopic (exact) mass is 225 g/mol. The fourth-order valence-corrected chi connectivity index (χ4v) is 4.27. The molecule has 0 aromatic rings. The molecule has 2 bridgehead atoms. The van der Waals surface area contributed by atoms with Crippen molar-refractivity contribution in [3.8, 4) is 0 Å². The first kappa shape index (κ1) is 11.0. The Balaban J connectivity index is 1.60. The average molecular weight is 225 g/mol. The first-order valence-corrected chi connectivity index (χ1v) is 7.18. The lowest BCUT2D eigenvalue weighted by atomic mass is 9.77. The lowest BCUT2D eigenvalue weighted by Crippen LogP contribution is -2.46. The Morgan fingerprint density at radius 1 is 0.938 bits per heavy atom. The third-order valence-corrected chi connectivity index (χ3v) is 4.94. The van der Waals surface area contributed by atoms with E-state index in [1.54, 1.807) is 0 Å². The van der Waals surface area contributed by atoms with Crippen molar-refractivity contribution in [2.45, 2.75) is 82.0 Å². The van der Waals surface area contributed by atoms with E-state index in [2.05, 4.69) is 5.32 Å². The lowest BCUT2D eigenvalue weighted by Gasteiger charge is -2.38. The summed E-state index contributed by atoms with van der Waals surface area (Å²) < 4.78 is 14.9. The highest BCUT2D eigenvalue weighted by molar-refractivity contribution is 5.01. The number of piperidine rings is 1. The maximum atomic E-state index is 14.9. The maximum Gasteiger partial charge on any atom is 0.114 e. The molecule has 1 saturated carbocycles. The van der Waals surface area contributed by atoms with Crippen molar-refractivity contribution in [1.29, 1.82) is 0 Å². The Kier molecular flexibility index (Phi) is 2.95. The number of nitrogens with one attached hydrogen (secondary N) is 1. The summed E-state index contributed by atoms with van der Waals surface area (Å²) in [5.74, 6) is 0.691. The fraction of sp³-hybridized carbons (Fsp3) is 1.00. The SMILES string of the molecule is FC1(CC2CCCCC2)CC2CCC(C1)N2. The molecular weight excluding hydrogens is 201 g/mol. The van der Waals surface area contributed by atoms with Crippen LogP contribution in [0.4, 0.5) is 4.39 Å². The van der Waals surface area contributed by atoms with Crippen LogP contribution in [0.5, 0.6) is 0 Å². The fourth-order valence-electron chi connectivity index (χ4n) is 4.27. The summed E-state index contributed by atoms with van der Waals surface area (Å²) in [7, 11) is 0. The number of fused-ring (bicyclic) bond motifs is 2. The van der Waals surface area contributed by atoms with E-state index in [1.165, 1.54) is 44.9 Å². The molecule has 2 aliphatic heterocycles. The van der Waals surface area contributed by atoms with Crippen LogP contribution in [0.1, 0.15) is 64.2 Å². The van der Waals surface area contributed by atoms with Gasteiger partial charge in [0, 0.05) is 12.1 Å². The van der Waals surface area contributed by atoms with E-state index in [-0.39, 0.29) is 0 Å². The van der Waals surface area contributed by atoms with Crippen molar-refractivity contribution in [2.24, 2.45) is 5.92 Å². The van der Waals surface area contributed by atoms with Gasteiger partial charge in [0.1, 0.15) is 5.67 Å². The van der Waals surface area contributed by atoms with Gasteiger partial charge in [0.25, 0.3) is 0 Å². The molecule has 2 heterocycles. The zero-order chi connectivity index (χ0) is 11.0. The van der Waals surface area contributed by atoms with Crippen LogP contribution in [-0.2, 0) is 0 Å². The highest BCUT2D eigenvalue weighted by atomic mass is 19.1. The number of hydrogen-bond donors (Lipinski definition) is 1. The second kappa shape index (κ2) is 4.29. The molecule has 0 spiro atoms. The highest BCUT2D eigenvalue weighted by Gasteiger charge is 2.44.